The van der Waals surface area contributed by atoms with Crippen molar-refractivity contribution in [3.63, 3.8) is 0 Å². The molecular formula is C17H19ClFN. The van der Waals surface area contributed by atoms with Gasteiger partial charge in [-0.25, -0.2) is 4.39 Å². The van der Waals surface area contributed by atoms with Gasteiger partial charge in [0.05, 0.1) is 5.02 Å². The van der Waals surface area contributed by atoms with Crippen LogP contribution < -0.4 is 5.32 Å². The Kier molecular flexibility index (Phi) is 4.79. The quantitative estimate of drug-likeness (QED) is 0.861. The predicted molar refractivity (Wildman–Crippen MR) is 82.6 cm³/mol. The monoisotopic (exact) mass is 291 g/mol. The fraction of sp³-hybridized carbons (Fsp3) is 0.294. The summed E-state index contributed by atoms with van der Waals surface area (Å²) in [4.78, 5) is 0. The SMILES string of the molecule is Cc1cc(C)c(CNCc2ccc(F)c(Cl)c2)cc1C. The van der Waals surface area contributed by atoms with Crippen LogP contribution in [0.2, 0.25) is 5.02 Å². The summed E-state index contributed by atoms with van der Waals surface area (Å²) in [6, 6.07) is 9.25. The van der Waals surface area contributed by atoms with Crippen molar-refractivity contribution in [1.29, 1.82) is 0 Å². The lowest BCUT2D eigenvalue weighted by Gasteiger charge is -2.11. The summed E-state index contributed by atoms with van der Waals surface area (Å²) in [5.74, 6) is -0.375. The van der Waals surface area contributed by atoms with E-state index in [1.807, 2.05) is 0 Å². The standard InChI is InChI=1S/C17H19ClFN/c1-11-6-13(3)15(7-12(11)2)10-20-9-14-4-5-17(19)16(18)8-14/h4-8,20H,9-10H2,1-3H3. The van der Waals surface area contributed by atoms with Crippen LogP contribution in [0.25, 0.3) is 0 Å². The molecule has 2 aromatic rings. The van der Waals surface area contributed by atoms with Crippen LogP contribution in [0.1, 0.15) is 27.8 Å². The number of rotatable bonds is 4. The zero-order valence-electron chi connectivity index (χ0n) is 12.1. The molecule has 0 bridgehead atoms. The lowest BCUT2D eigenvalue weighted by Crippen LogP contribution is -2.14. The third-order valence-corrected chi connectivity index (χ3v) is 3.87. The fourth-order valence-electron chi connectivity index (χ4n) is 2.20. The van der Waals surface area contributed by atoms with Gasteiger partial charge >= 0.3 is 0 Å². The summed E-state index contributed by atoms with van der Waals surface area (Å²) in [6.45, 7) is 7.84. The van der Waals surface area contributed by atoms with Crippen molar-refractivity contribution < 1.29 is 4.39 Å². The molecule has 0 saturated carbocycles. The van der Waals surface area contributed by atoms with E-state index in [1.165, 1.54) is 28.3 Å². The Labute approximate surface area is 124 Å². The molecule has 0 aliphatic carbocycles. The molecule has 3 heteroatoms. The van der Waals surface area contributed by atoms with E-state index in [-0.39, 0.29) is 10.8 Å². The fourth-order valence-corrected chi connectivity index (χ4v) is 2.41. The molecule has 1 N–H and O–H groups in total. The maximum absolute atomic E-state index is 13.1. The first-order valence-electron chi connectivity index (χ1n) is 6.68. The van der Waals surface area contributed by atoms with Crippen LogP contribution in [-0.4, -0.2) is 0 Å². The van der Waals surface area contributed by atoms with Crippen LogP contribution in [-0.2, 0) is 13.1 Å². The predicted octanol–water partition coefficient (Wildman–Crippen LogP) is 4.69. The van der Waals surface area contributed by atoms with Crippen LogP contribution in [0.5, 0.6) is 0 Å². The van der Waals surface area contributed by atoms with E-state index in [0.717, 1.165) is 12.1 Å². The van der Waals surface area contributed by atoms with E-state index in [2.05, 4.69) is 38.2 Å². The minimum Gasteiger partial charge on any atom is -0.309 e. The van der Waals surface area contributed by atoms with E-state index in [9.17, 15) is 4.39 Å². The van der Waals surface area contributed by atoms with Gasteiger partial charge in [0.25, 0.3) is 0 Å². The van der Waals surface area contributed by atoms with Crippen molar-refractivity contribution in [1.82, 2.24) is 5.32 Å². The summed E-state index contributed by atoms with van der Waals surface area (Å²) < 4.78 is 13.1. The third-order valence-electron chi connectivity index (χ3n) is 3.58. The molecular weight excluding hydrogens is 273 g/mol. The number of hydrogen-bond donors (Lipinski definition) is 1. The largest absolute Gasteiger partial charge is 0.309 e. The van der Waals surface area contributed by atoms with Gasteiger partial charge in [0, 0.05) is 13.1 Å². The highest BCUT2D eigenvalue weighted by Crippen LogP contribution is 2.17. The maximum Gasteiger partial charge on any atom is 0.141 e. The van der Waals surface area contributed by atoms with Gasteiger partial charge in [-0.05, 0) is 60.7 Å². The lowest BCUT2D eigenvalue weighted by atomic mass is 10.0. The normalized spacial score (nSPS) is 10.8. The van der Waals surface area contributed by atoms with Gasteiger partial charge in [0.1, 0.15) is 5.82 Å². The Bertz CT molecular complexity index is 623. The van der Waals surface area contributed by atoms with Crippen molar-refractivity contribution in [3.05, 3.63) is 69.0 Å². The molecule has 1 nitrogen and oxygen atoms in total. The molecule has 20 heavy (non-hydrogen) atoms. The second kappa shape index (κ2) is 6.38. The number of benzene rings is 2. The van der Waals surface area contributed by atoms with Crippen LogP contribution in [0, 0.1) is 26.6 Å². The van der Waals surface area contributed by atoms with Gasteiger partial charge in [0.2, 0.25) is 0 Å². The highest BCUT2D eigenvalue weighted by molar-refractivity contribution is 6.30. The zero-order chi connectivity index (χ0) is 14.7. The van der Waals surface area contributed by atoms with Crippen molar-refractivity contribution in [3.8, 4) is 0 Å². The van der Waals surface area contributed by atoms with Gasteiger partial charge < -0.3 is 5.32 Å². The zero-order valence-corrected chi connectivity index (χ0v) is 12.8. The topological polar surface area (TPSA) is 12.0 Å². The number of halogens is 2. The average molecular weight is 292 g/mol. The Morgan fingerprint density at radius 1 is 0.950 bits per heavy atom. The molecule has 0 heterocycles. The molecule has 0 aliphatic heterocycles. The molecule has 0 fully saturated rings. The molecule has 0 spiro atoms. The second-order valence-corrected chi connectivity index (χ2v) is 5.62. The smallest absolute Gasteiger partial charge is 0.141 e. The first-order valence-corrected chi connectivity index (χ1v) is 7.06. The van der Waals surface area contributed by atoms with E-state index >= 15 is 0 Å². The van der Waals surface area contributed by atoms with Gasteiger partial charge in [-0.2, -0.15) is 0 Å². The number of aryl methyl sites for hydroxylation is 3. The Hall–Kier alpha value is -1.38. The average Bonchev–Trinajstić information content (AvgIpc) is 2.39. The van der Waals surface area contributed by atoms with Gasteiger partial charge in [-0.15, -0.1) is 0 Å². The molecule has 0 saturated heterocycles. The Balaban J connectivity index is 1.99. The van der Waals surface area contributed by atoms with Gasteiger partial charge in [-0.3, -0.25) is 0 Å². The van der Waals surface area contributed by atoms with E-state index < -0.39 is 0 Å². The molecule has 106 valence electrons. The molecule has 0 aromatic heterocycles. The van der Waals surface area contributed by atoms with Crippen LogP contribution in [0.3, 0.4) is 0 Å². The maximum atomic E-state index is 13.1. The highest BCUT2D eigenvalue weighted by Gasteiger charge is 2.03. The first-order chi connectivity index (χ1) is 9.47. The van der Waals surface area contributed by atoms with Crippen molar-refractivity contribution in [2.45, 2.75) is 33.9 Å². The number of hydrogen-bond acceptors (Lipinski definition) is 1. The molecule has 2 aromatic carbocycles. The van der Waals surface area contributed by atoms with Crippen LogP contribution in [0.4, 0.5) is 4.39 Å². The van der Waals surface area contributed by atoms with Crippen molar-refractivity contribution in [2.24, 2.45) is 0 Å². The molecule has 0 aliphatic rings. The summed E-state index contributed by atoms with van der Waals surface area (Å²) in [5.41, 5.74) is 6.19. The molecule has 0 unspecified atom stereocenters. The highest BCUT2D eigenvalue weighted by atomic mass is 35.5. The molecule has 2 rings (SSSR count). The van der Waals surface area contributed by atoms with Crippen molar-refractivity contribution in [2.75, 3.05) is 0 Å². The van der Waals surface area contributed by atoms with Crippen LogP contribution >= 0.6 is 11.6 Å². The summed E-state index contributed by atoms with van der Waals surface area (Å²) in [5, 5.41) is 3.54. The van der Waals surface area contributed by atoms with Crippen LogP contribution in [0.15, 0.2) is 30.3 Å². The van der Waals surface area contributed by atoms with E-state index in [1.54, 1.807) is 12.1 Å². The molecule has 0 radical (unpaired) electrons. The lowest BCUT2D eigenvalue weighted by molar-refractivity contribution is 0.625. The van der Waals surface area contributed by atoms with E-state index in [0.29, 0.717) is 6.54 Å². The summed E-state index contributed by atoms with van der Waals surface area (Å²) in [6.07, 6.45) is 0. The first kappa shape index (κ1) is 15.0. The Morgan fingerprint density at radius 3 is 2.35 bits per heavy atom. The van der Waals surface area contributed by atoms with E-state index in [4.69, 9.17) is 11.6 Å². The Morgan fingerprint density at radius 2 is 1.65 bits per heavy atom. The number of nitrogens with one attached hydrogen (secondary N) is 1. The van der Waals surface area contributed by atoms with Gasteiger partial charge in [-0.1, -0.05) is 29.8 Å². The minimum atomic E-state index is -0.375. The van der Waals surface area contributed by atoms with Gasteiger partial charge in [0.15, 0.2) is 0 Å². The van der Waals surface area contributed by atoms with Crippen molar-refractivity contribution >= 4 is 11.6 Å². The second-order valence-electron chi connectivity index (χ2n) is 5.21. The summed E-state index contributed by atoms with van der Waals surface area (Å²) in [7, 11) is 0. The minimum absolute atomic E-state index is 0.173. The summed E-state index contributed by atoms with van der Waals surface area (Å²) >= 11 is 5.77. The molecule has 0 atom stereocenters. The third kappa shape index (κ3) is 3.59. The molecule has 0 amide bonds.